The minimum absolute atomic E-state index is 0.215. The predicted octanol–water partition coefficient (Wildman–Crippen LogP) is 1.05. The summed E-state index contributed by atoms with van der Waals surface area (Å²) in [6.45, 7) is 2.30. The number of carbonyl (C=O) groups is 1. The second-order valence-corrected chi connectivity index (χ2v) is 1.76. The van der Waals surface area contributed by atoms with Crippen LogP contribution >= 0.6 is 0 Å². The molecule has 0 unspecified atom stereocenters. The summed E-state index contributed by atoms with van der Waals surface area (Å²) in [6, 6.07) is 0. The van der Waals surface area contributed by atoms with E-state index in [1.165, 1.54) is 0 Å². The Morgan fingerprint density at radius 3 is 3.00 bits per heavy atom. The summed E-state index contributed by atoms with van der Waals surface area (Å²) in [4.78, 5) is 10.6. The van der Waals surface area contributed by atoms with Crippen LogP contribution in [0.4, 0.5) is 0 Å². The molecule has 0 aromatic heterocycles. The number of hydrogen-bond donors (Lipinski definition) is 0. The first-order chi connectivity index (χ1) is 4.34. The average molecular weight is 124 g/mol. The molecule has 2 nitrogen and oxygen atoms in total. The van der Waals surface area contributed by atoms with E-state index >= 15 is 0 Å². The monoisotopic (exact) mass is 124 g/mol. The normalized spacial score (nSPS) is 18.3. The van der Waals surface area contributed by atoms with E-state index in [9.17, 15) is 4.79 Å². The summed E-state index contributed by atoms with van der Waals surface area (Å²) in [6.07, 6.45) is 5.33. The van der Waals surface area contributed by atoms with E-state index in [-0.39, 0.29) is 5.97 Å². The minimum atomic E-state index is -0.215. The van der Waals surface area contributed by atoms with Crippen molar-refractivity contribution in [1.29, 1.82) is 0 Å². The predicted molar refractivity (Wildman–Crippen MR) is 33.9 cm³/mol. The van der Waals surface area contributed by atoms with Gasteiger partial charge in [0.05, 0.1) is 5.57 Å². The fraction of sp³-hybridized carbons (Fsp3) is 0.286. The molecule has 0 saturated carbocycles. The van der Waals surface area contributed by atoms with E-state index in [4.69, 9.17) is 0 Å². The average Bonchev–Trinajstić information content (AvgIpc) is 2.18. The zero-order valence-corrected chi connectivity index (χ0v) is 5.26. The van der Waals surface area contributed by atoms with Crippen LogP contribution in [-0.2, 0) is 9.53 Å². The Kier molecular flexibility index (Phi) is 1.68. The largest absolute Gasteiger partial charge is 0.458 e. The van der Waals surface area contributed by atoms with Gasteiger partial charge in [-0.3, -0.25) is 0 Å². The highest BCUT2D eigenvalue weighted by atomic mass is 16.5. The Morgan fingerprint density at radius 2 is 2.56 bits per heavy atom. The molecule has 0 aromatic rings. The van der Waals surface area contributed by atoms with Crippen LogP contribution in [0.5, 0.6) is 0 Å². The number of carbonyl (C=O) groups excluding carboxylic acids is 1. The second kappa shape index (κ2) is 2.49. The van der Waals surface area contributed by atoms with Gasteiger partial charge in [-0.05, 0) is 13.0 Å². The van der Waals surface area contributed by atoms with Crippen LogP contribution in [0.3, 0.4) is 0 Å². The molecule has 9 heavy (non-hydrogen) atoms. The Hall–Kier alpha value is -1.05. The minimum Gasteiger partial charge on any atom is -0.458 e. The zero-order valence-electron chi connectivity index (χ0n) is 5.26. The van der Waals surface area contributed by atoms with Crippen LogP contribution in [0.15, 0.2) is 23.8 Å². The van der Waals surface area contributed by atoms with Gasteiger partial charge >= 0.3 is 5.97 Å². The van der Waals surface area contributed by atoms with E-state index in [0.717, 1.165) is 0 Å². The molecule has 1 rings (SSSR count). The lowest BCUT2D eigenvalue weighted by atomic mass is 10.2. The van der Waals surface area contributed by atoms with Crippen molar-refractivity contribution in [2.45, 2.75) is 6.92 Å². The highest BCUT2D eigenvalue weighted by Crippen LogP contribution is 2.06. The summed E-state index contributed by atoms with van der Waals surface area (Å²) >= 11 is 0. The van der Waals surface area contributed by atoms with Crippen LogP contribution in [0.25, 0.3) is 0 Å². The van der Waals surface area contributed by atoms with E-state index in [0.29, 0.717) is 12.2 Å². The second-order valence-electron chi connectivity index (χ2n) is 1.76. The number of hydrogen-bond acceptors (Lipinski definition) is 2. The van der Waals surface area contributed by atoms with Crippen LogP contribution in [0, 0.1) is 0 Å². The van der Waals surface area contributed by atoms with E-state index in [1.807, 2.05) is 13.0 Å². The Labute approximate surface area is 53.8 Å². The van der Waals surface area contributed by atoms with Gasteiger partial charge in [0.1, 0.15) is 6.61 Å². The molecule has 0 fully saturated rings. The molecule has 0 bridgehead atoms. The molecule has 0 spiro atoms. The lowest BCUT2D eigenvalue weighted by molar-refractivity contribution is -0.135. The molecule has 0 atom stereocenters. The number of rotatable bonds is 1. The molecule has 1 aliphatic rings. The van der Waals surface area contributed by atoms with Crippen molar-refractivity contribution in [3.05, 3.63) is 23.8 Å². The molecular formula is C7H8O2. The van der Waals surface area contributed by atoms with Crippen LogP contribution in [0.2, 0.25) is 0 Å². The van der Waals surface area contributed by atoms with Crippen LogP contribution in [0.1, 0.15) is 6.92 Å². The summed E-state index contributed by atoms with van der Waals surface area (Å²) in [5.74, 6) is -0.215. The van der Waals surface area contributed by atoms with Crippen molar-refractivity contribution >= 4 is 5.97 Å². The van der Waals surface area contributed by atoms with Gasteiger partial charge < -0.3 is 4.74 Å². The molecule has 0 N–H and O–H groups in total. The van der Waals surface area contributed by atoms with Crippen molar-refractivity contribution in [2.75, 3.05) is 6.61 Å². The SMILES string of the molecule is C/C=C/C1=CCOC1=O. The molecule has 0 saturated heterocycles. The molecule has 2 heteroatoms. The fourth-order valence-corrected chi connectivity index (χ4v) is 0.689. The van der Waals surface area contributed by atoms with Gasteiger partial charge in [0.25, 0.3) is 0 Å². The van der Waals surface area contributed by atoms with Crippen molar-refractivity contribution in [3.8, 4) is 0 Å². The zero-order chi connectivity index (χ0) is 6.69. The third-order valence-corrected chi connectivity index (χ3v) is 1.10. The van der Waals surface area contributed by atoms with Crippen molar-refractivity contribution in [1.82, 2.24) is 0 Å². The summed E-state index contributed by atoms with van der Waals surface area (Å²) in [5, 5.41) is 0. The first-order valence-corrected chi connectivity index (χ1v) is 2.84. The number of esters is 1. The molecular weight excluding hydrogens is 116 g/mol. The molecule has 0 radical (unpaired) electrons. The highest BCUT2D eigenvalue weighted by Gasteiger charge is 2.11. The van der Waals surface area contributed by atoms with Gasteiger partial charge in [0.15, 0.2) is 0 Å². The summed E-state index contributed by atoms with van der Waals surface area (Å²) in [7, 11) is 0. The summed E-state index contributed by atoms with van der Waals surface area (Å²) in [5.41, 5.74) is 0.664. The van der Waals surface area contributed by atoms with Gasteiger partial charge in [-0.25, -0.2) is 4.79 Å². The highest BCUT2D eigenvalue weighted by molar-refractivity contribution is 5.93. The van der Waals surface area contributed by atoms with E-state index in [1.54, 1.807) is 12.2 Å². The van der Waals surface area contributed by atoms with E-state index < -0.39 is 0 Å². The van der Waals surface area contributed by atoms with Gasteiger partial charge in [-0.2, -0.15) is 0 Å². The van der Waals surface area contributed by atoms with Crippen molar-refractivity contribution in [2.24, 2.45) is 0 Å². The number of allylic oxidation sites excluding steroid dienone is 1. The van der Waals surface area contributed by atoms with Gasteiger partial charge in [-0.1, -0.05) is 12.2 Å². The summed E-state index contributed by atoms with van der Waals surface area (Å²) < 4.78 is 4.64. The lowest BCUT2D eigenvalue weighted by Crippen LogP contribution is -1.96. The first kappa shape index (κ1) is 6.08. The Balaban J connectivity index is 2.68. The fourth-order valence-electron chi connectivity index (χ4n) is 0.689. The van der Waals surface area contributed by atoms with Gasteiger partial charge in [-0.15, -0.1) is 0 Å². The van der Waals surface area contributed by atoms with Crippen LogP contribution < -0.4 is 0 Å². The molecule has 1 heterocycles. The maximum Gasteiger partial charge on any atom is 0.338 e. The Bertz CT molecular complexity index is 177. The maximum atomic E-state index is 10.6. The number of cyclic esters (lactones) is 1. The quantitative estimate of drug-likeness (QED) is 0.488. The molecule has 0 aromatic carbocycles. The van der Waals surface area contributed by atoms with Gasteiger partial charge in [0, 0.05) is 0 Å². The van der Waals surface area contributed by atoms with E-state index in [2.05, 4.69) is 4.74 Å². The van der Waals surface area contributed by atoms with Crippen molar-refractivity contribution in [3.63, 3.8) is 0 Å². The van der Waals surface area contributed by atoms with Crippen molar-refractivity contribution < 1.29 is 9.53 Å². The first-order valence-electron chi connectivity index (χ1n) is 2.84. The molecule has 0 aliphatic carbocycles. The third kappa shape index (κ3) is 1.19. The lowest BCUT2D eigenvalue weighted by Gasteiger charge is -1.87. The standard InChI is InChI=1S/C7H8O2/c1-2-3-6-4-5-9-7(6)8/h2-4H,5H2,1H3/b3-2+. The van der Waals surface area contributed by atoms with Crippen LogP contribution in [-0.4, -0.2) is 12.6 Å². The molecule has 0 amide bonds. The Morgan fingerprint density at radius 1 is 1.78 bits per heavy atom. The third-order valence-electron chi connectivity index (χ3n) is 1.10. The van der Waals surface area contributed by atoms with Gasteiger partial charge in [0.2, 0.25) is 0 Å². The smallest absolute Gasteiger partial charge is 0.338 e. The molecule has 48 valence electrons. The maximum absolute atomic E-state index is 10.6. The molecule has 1 aliphatic heterocycles. The topological polar surface area (TPSA) is 26.3 Å². The number of ether oxygens (including phenoxy) is 1.